The van der Waals surface area contributed by atoms with Crippen LogP contribution in [0.25, 0.3) is 0 Å². The van der Waals surface area contributed by atoms with Gasteiger partial charge in [-0.3, -0.25) is 4.79 Å². The first-order valence-corrected chi connectivity index (χ1v) is 6.65. The molecule has 1 aromatic heterocycles. The molecule has 0 spiro atoms. The zero-order chi connectivity index (χ0) is 15.6. The summed E-state index contributed by atoms with van der Waals surface area (Å²) < 4.78 is 26.4. The van der Waals surface area contributed by atoms with E-state index in [0.29, 0.717) is 0 Å². The molecule has 0 aliphatic heterocycles. The van der Waals surface area contributed by atoms with Crippen LogP contribution in [0.3, 0.4) is 0 Å². The lowest BCUT2D eigenvalue weighted by Crippen LogP contribution is -2.27. The SMILES string of the molecule is CN(Cc1ccc(F)cc1F)C(=O)c1nc(Cl)ccc1Cl. The number of benzene rings is 1. The number of halogens is 4. The largest absolute Gasteiger partial charge is 0.336 e. The first-order chi connectivity index (χ1) is 9.88. The number of rotatable bonds is 3. The normalized spacial score (nSPS) is 10.5. The maximum absolute atomic E-state index is 13.6. The highest BCUT2D eigenvalue weighted by atomic mass is 35.5. The van der Waals surface area contributed by atoms with Gasteiger partial charge >= 0.3 is 0 Å². The molecule has 0 saturated heterocycles. The average Bonchev–Trinajstić information content (AvgIpc) is 2.43. The van der Waals surface area contributed by atoms with Crippen molar-refractivity contribution in [3.05, 3.63) is 63.4 Å². The predicted octanol–water partition coefficient (Wildman–Crippen LogP) is 3.94. The minimum absolute atomic E-state index is 0.0193. The third-order valence-corrected chi connectivity index (χ3v) is 3.30. The molecule has 7 heteroatoms. The molecule has 2 aromatic rings. The van der Waals surface area contributed by atoms with E-state index in [2.05, 4.69) is 4.98 Å². The molecule has 0 radical (unpaired) electrons. The molecule has 0 N–H and O–H groups in total. The first kappa shape index (κ1) is 15.7. The molecule has 0 unspecified atom stereocenters. The highest BCUT2D eigenvalue weighted by Crippen LogP contribution is 2.19. The van der Waals surface area contributed by atoms with Crippen molar-refractivity contribution in [3.8, 4) is 0 Å². The van der Waals surface area contributed by atoms with Crippen molar-refractivity contribution in [1.82, 2.24) is 9.88 Å². The predicted molar refractivity (Wildman–Crippen MR) is 76.4 cm³/mol. The number of hydrogen-bond acceptors (Lipinski definition) is 2. The number of carbonyl (C=O) groups excluding carboxylic acids is 1. The van der Waals surface area contributed by atoms with Crippen molar-refractivity contribution < 1.29 is 13.6 Å². The van der Waals surface area contributed by atoms with Crippen LogP contribution < -0.4 is 0 Å². The summed E-state index contributed by atoms with van der Waals surface area (Å²) in [6.45, 7) is -0.0462. The number of nitrogens with zero attached hydrogens (tertiary/aromatic N) is 2. The van der Waals surface area contributed by atoms with E-state index in [-0.39, 0.29) is 28.0 Å². The van der Waals surface area contributed by atoms with Crippen molar-refractivity contribution in [2.75, 3.05) is 7.05 Å². The van der Waals surface area contributed by atoms with Crippen LogP contribution in [0, 0.1) is 11.6 Å². The van der Waals surface area contributed by atoms with Crippen LogP contribution in [0.15, 0.2) is 30.3 Å². The van der Waals surface area contributed by atoms with Crippen LogP contribution in [-0.4, -0.2) is 22.8 Å². The zero-order valence-corrected chi connectivity index (χ0v) is 12.4. The Hall–Kier alpha value is -1.72. The van der Waals surface area contributed by atoms with Gasteiger partial charge in [0.15, 0.2) is 0 Å². The summed E-state index contributed by atoms with van der Waals surface area (Å²) >= 11 is 11.6. The van der Waals surface area contributed by atoms with E-state index in [1.165, 1.54) is 30.1 Å². The van der Waals surface area contributed by atoms with Gasteiger partial charge in [0.1, 0.15) is 22.5 Å². The Kier molecular flexibility index (Phi) is 4.75. The van der Waals surface area contributed by atoms with Crippen molar-refractivity contribution in [3.63, 3.8) is 0 Å². The third-order valence-electron chi connectivity index (χ3n) is 2.78. The molecule has 3 nitrogen and oxygen atoms in total. The summed E-state index contributed by atoms with van der Waals surface area (Å²) in [4.78, 5) is 17.3. The minimum atomic E-state index is -0.722. The Labute approximate surface area is 130 Å². The average molecular weight is 331 g/mol. The van der Waals surface area contributed by atoms with Crippen molar-refractivity contribution >= 4 is 29.1 Å². The Morgan fingerprint density at radius 2 is 1.95 bits per heavy atom. The van der Waals surface area contributed by atoms with Crippen LogP contribution in [0.2, 0.25) is 10.2 Å². The van der Waals surface area contributed by atoms with E-state index in [1.807, 2.05) is 0 Å². The first-order valence-electron chi connectivity index (χ1n) is 5.90. The van der Waals surface area contributed by atoms with Gasteiger partial charge < -0.3 is 4.90 Å². The van der Waals surface area contributed by atoms with Gasteiger partial charge in [-0.1, -0.05) is 29.3 Å². The molecule has 0 saturated carbocycles. The molecule has 21 heavy (non-hydrogen) atoms. The van der Waals surface area contributed by atoms with Gasteiger partial charge in [-0.05, 0) is 18.2 Å². The van der Waals surface area contributed by atoms with Crippen LogP contribution in [0.4, 0.5) is 8.78 Å². The Morgan fingerprint density at radius 1 is 1.24 bits per heavy atom. The van der Waals surface area contributed by atoms with Gasteiger partial charge in [0.25, 0.3) is 5.91 Å². The highest BCUT2D eigenvalue weighted by Gasteiger charge is 2.18. The fourth-order valence-electron chi connectivity index (χ4n) is 1.73. The molecular weight excluding hydrogens is 321 g/mol. The maximum Gasteiger partial charge on any atom is 0.274 e. The lowest BCUT2D eigenvalue weighted by Gasteiger charge is -2.18. The maximum atomic E-state index is 13.6. The highest BCUT2D eigenvalue weighted by molar-refractivity contribution is 6.34. The molecule has 0 aliphatic rings. The fraction of sp³-hybridized carbons (Fsp3) is 0.143. The molecule has 0 bridgehead atoms. The summed E-state index contributed by atoms with van der Waals surface area (Å²) in [5, 5.41) is 0.278. The van der Waals surface area contributed by atoms with E-state index in [9.17, 15) is 13.6 Å². The number of pyridine rings is 1. The quantitative estimate of drug-likeness (QED) is 0.798. The summed E-state index contributed by atoms with van der Waals surface area (Å²) in [6.07, 6.45) is 0. The minimum Gasteiger partial charge on any atom is -0.336 e. The number of carbonyl (C=O) groups is 1. The van der Waals surface area contributed by atoms with Gasteiger partial charge in [0.05, 0.1) is 5.02 Å². The van der Waals surface area contributed by atoms with Gasteiger partial charge in [0.2, 0.25) is 0 Å². The van der Waals surface area contributed by atoms with E-state index >= 15 is 0 Å². The summed E-state index contributed by atoms with van der Waals surface area (Å²) in [5.41, 5.74) is 0.166. The summed E-state index contributed by atoms with van der Waals surface area (Å²) in [7, 11) is 1.46. The van der Waals surface area contributed by atoms with Crippen LogP contribution in [-0.2, 0) is 6.54 Å². The van der Waals surface area contributed by atoms with Gasteiger partial charge in [-0.25, -0.2) is 13.8 Å². The van der Waals surface area contributed by atoms with Crippen LogP contribution in [0.1, 0.15) is 16.1 Å². The lowest BCUT2D eigenvalue weighted by molar-refractivity contribution is 0.0778. The zero-order valence-electron chi connectivity index (χ0n) is 10.9. The second kappa shape index (κ2) is 6.37. The second-order valence-corrected chi connectivity index (χ2v) is 5.16. The Bertz CT molecular complexity index is 695. The van der Waals surface area contributed by atoms with E-state index < -0.39 is 17.5 Å². The molecule has 0 fully saturated rings. The second-order valence-electron chi connectivity index (χ2n) is 4.36. The molecular formula is C14H10Cl2F2N2O. The van der Waals surface area contributed by atoms with Gasteiger partial charge in [-0.2, -0.15) is 0 Å². The summed E-state index contributed by atoms with van der Waals surface area (Å²) in [6, 6.07) is 6.08. The fourth-order valence-corrected chi connectivity index (χ4v) is 2.06. The van der Waals surface area contributed by atoms with E-state index in [0.717, 1.165) is 12.1 Å². The van der Waals surface area contributed by atoms with Crippen LogP contribution >= 0.6 is 23.2 Å². The monoisotopic (exact) mass is 330 g/mol. The Morgan fingerprint density at radius 3 is 2.62 bits per heavy atom. The van der Waals surface area contributed by atoms with Crippen LogP contribution in [0.5, 0.6) is 0 Å². The number of amides is 1. The third kappa shape index (κ3) is 3.68. The molecule has 2 rings (SSSR count). The number of aromatic nitrogens is 1. The molecule has 1 amide bonds. The standard InChI is InChI=1S/C14H10Cl2F2N2O/c1-20(7-8-2-3-9(17)6-11(8)18)14(21)13-10(15)4-5-12(16)19-13/h2-6H,7H2,1H3. The smallest absolute Gasteiger partial charge is 0.274 e. The van der Waals surface area contributed by atoms with Gasteiger partial charge in [0, 0.05) is 25.2 Å². The number of hydrogen-bond donors (Lipinski definition) is 0. The molecule has 0 aliphatic carbocycles. The molecule has 1 aromatic carbocycles. The summed E-state index contributed by atoms with van der Waals surface area (Å²) in [5.74, 6) is -1.91. The lowest BCUT2D eigenvalue weighted by atomic mass is 10.2. The molecule has 0 atom stereocenters. The van der Waals surface area contributed by atoms with Crippen molar-refractivity contribution in [2.24, 2.45) is 0 Å². The van der Waals surface area contributed by atoms with E-state index in [4.69, 9.17) is 23.2 Å². The van der Waals surface area contributed by atoms with Crippen molar-refractivity contribution in [1.29, 1.82) is 0 Å². The Balaban J connectivity index is 2.21. The van der Waals surface area contributed by atoms with E-state index in [1.54, 1.807) is 0 Å². The topological polar surface area (TPSA) is 33.2 Å². The van der Waals surface area contributed by atoms with Gasteiger partial charge in [-0.15, -0.1) is 0 Å². The molecule has 110 valence electrons. The molecule has 1 heterocycles. The van der Waals surface area contributed by atoms with Crippen molar-refractivity contribution in [2.45, 2.75) is 6.54 Å².